The summed E-state index contributed by atoms with van der Waals surface area (Å²) in [6, 6.07) is 81.1. The van der Waals surface area contributed by atoms with Crippen LogP contribution in [0.4, 0.5) is 17.1 Å². The summed E-state index contributed by atoms with van der Waals surface area (Å²) in [6.45, 7) is 0. The number of ether oxygens (including phenoxy) is 1. The molecule has 9 aromatic carbocycles. The van der Waals surface area contributed by atoms with E-state index in [1.807, 2.05) is 206 Å². The Kier molecular flexibility index (Phi) is 11.0. The van der Waals surface area contributed by atoms with Crippen LogP contribution in [0, 0.1) is 0 Å². The number of nitrogens with zero attached hydrogens (tertiary/aromatic N) is 1. The molecule has 0 aromatic heterocycles. The molecule has 0 aliphatic rings. The summed E-state index contributed by atoms with van der Waals surface area (Å²) in [4.78, 5) is 2.20. The molecule has 0 N–H and O–H groups in total. The van der Waals surface area contributed by atoms with Gasteiger partial charge in [-0.05, 0) is 71.8 Å². The van der Waals surface area contributed by atoms with E-state index in [1.165, 1.54) is 0 Å². The number of hydrogen-bond acceptors (Lipinski definition) is 4. The average molecular weight is 814 g/mol. The van der Waals surface area contributed by atoms with Crippen LogP contribution in [-0.4, -0.2) is 0 Å². The summed E-state index contributed by atoms with van der Waals surface area (Å²) < 4.78 is 38.3. The lowest BCUT2D eigenvalue weighted by Gasteiger charge is -2.29. The minimum Gasteiger partial charge on any atom is -0.457 e. The largest absolute Gasteiger partial charge is 0.457 e. The maximum absolute atomic E-state index is 16.3. The van der Waals surface area contributed by atoms with Gasteiger partial charge in [-0.2, -0.15) is 0 Å². The van der Waals surface area contributed by atoms with Crippen molar-refractivity contribution < 1.29 is 13.9 Å². The Labute approximate surface area is 351 Å². The molecule has 0 radical (unpaired) electrons. The molecule has 0 heterocycles. The normalized spacial score (nSPS) is 11.5. The quantitative estimate of drug-likeness (QED) is 0.115. The zero-order chi connectivity index (χ0) is 40.8. The van der Waals surface area contributed by atoms with Crippen LogP contribution in [0.3, 0.4) is 0 Å². The number of rotatable bonds is 12. The fourth-order valence-electron chi connectivity index (χ4n) is 7.80. The van der Waals surface area contributed by atoms with Crippen molar-refractivity contribution in [2.75, 3.05) is 4.90 Å². The zero-order valence-electron chi connectivity index (χ0n) is 32.7. The molecule has 60 heavy (non-hydrogen) atoms. The molecule has 0 saturated heterocycles. The molecule has 6 heteroatoms. The molecule has 9 rings (SSSR count). The highest BCUT2D eigenvalue weighted by Gasteiger charge is 2.34. The molecular formula is C54H41NO3P2. The summed E-state index contributed by atoms with van der Waals surface area (Å²) in [6.07, 6.45) is 0. The van der Waals surface area contributed by atoms with Gasteiger partial charge in [0.2, 0.25) is 0 Å². The van der Waals surface area contributed by atoms with Gasteiger partial charge in [0.25, 0.3) is 0 Å². The molecule has 290 valence electrons. The van der Waals surface area contributed by atoms with Gasteiger partial charge in [0.05, 0.1) is 5.30 Å². The van der Waals surface area contributed by atoms with E-state index in [4.69, 9.17) is 4.74 Å². The lowest BCUT2D eigenvalue weighted by molar-refractivity contribution is 0.486. The first kappa shape index (κ1) is 38.6. The summed E-state index contributed by atoms with van der Waals surface area (Å²) in [5.41, 5.74) is 4.59. The first-order valence-corrected chi connectivity index (χ1v) is 23.3. The second kappa shape index (κ2) is 17.1. The molecule has 0 saturated carbocycles. The third kappa shape index (κ3) is 7.44. The van der Waals surface area contributed by atoms with Crippen molar-refractivity contribution in [2.24, 2.45) is 0 Å². The highest BCUT2D eigenvalue weighted by molar-refractivity contribution is 7.86. The van der Waals surface area contributed by atoms with Crippen molar-refractivity contribution in [2.45, 2.75) is 0 Å². The monoisotopic (exact) mass is 813 g/mol. The van der Waals surface area contributed by atoms with Crippen LogP contribution in [0.5, 0.6) is 11.5 Å². The molecule has 0 spiro atoms. The molecule has 0 fully saturated rings. The SMILES string of the molecule is O=P(c1ccccc1)(c1ccccc1)c1ccccc1Oc1ccc(-c2ccc(N(c3ccccc3)c3ccccc3)cc2P(=O)(c2ccccc2)c2ccccc2)cc1. The van der Waals surface area contributed by atoms with Gasteiger partial charge in [-0.1, -0.05) is 188 Å². The lowest BCUT2D eigenvalue weighted by Crippen LogP contribution is -2.27. The second-order valence-corrected chi connectivity index (χ2v) is 19.8. The van der Waals surface area contributed by atoms with Crippen molar-refractivity contribution >= 4 is 63.2 Å². The highest BCUT2D eigenvalue weighted by Crippen LogP contribution is 2.48. The number of para-hydroxylation sites is 3. The predicted octanol–water partition coefficient (Wildman–Crippen LogP) is 11.9. The minimum absolute atomic E-state index is 0.519. The van der Waals surface area contributed by atoms with Crippen molar-refractivity contribution in [3.05, 3.63) is 249 Å². The Balaban J connectivity index is 1.17. The Morgan fingerprint density at radius 2 is 0.717 bits per heavy atom. The van der Waals surface area contributed by atoms with Crippen LogP contribution in [-0.2, 0) is 9.13 Å². The fraction of sp³-hybridized carbons (Fsp3) is 0. The van der Waals surface area contributed by atoms with E-state index < -0.39 is 14.3 Å². The van der Waals surface area contributed by atoms with E-state index in [2.05, 4.69) is 47.4 Å². The minimum atomic E-state index is -3.47. The van der Waals surface area contributed by atoms with Gasteiger partial charge in [0, 0.05) is 43.6 Å². The Hall–Kier alpha value is -6.96. The van der Waals surface area contributed by atoms with E-state index in [0.717, 1.165) is 54.7 Å². The molecular weight excluding hydrogens is 773 g/mol. The standard InChI is InChI=1S/C54H41NO3P2/c56-59(47-25-11-3-12-26-47,48-27-13-4-14-28-48)53-34-20-19-33-52(53)58-46-38-35-42(36-39-46)51-40-37-45(55(43-21-7-1-8-22-43)44-23-9-2-10-24-44)41-54(51)60(57,49-29-15-5-16-30-49)50-31-17-6-18-32-50/h1-41H. The molecule has 0 amide bonds. The topological polar surface area (TPSA) is 46.6 Å². The molecule has 0 unspecified atom stereocenters. The molecule has 0 atom stereocenters. The fourth-order valence-corrected chi connectivity index (χ4v) is 13.5. The van der Waals surface area contributed by atoms with E-state index in [1.54, 1.807) is 0 Å². The zero-order valence-corrected chi connectivity index (χ0v) is 34.5. The predicted molar refractivity (Wildman–Crippen MR) is 252 cm³/mol. The van der Waals surface area contributed by atoms with E-state index in [0.29, 0.717) is 16.8 Å². The smallest absolute Gasteiger partial charge is 0.174 e. The van der Waals surface area contributed by atoms with Gasteiger partial charge in [0.15, 0.2) is 14.3 Å². The van der Waals surface area contributed by atoms with Crippen molar-refractivity contribution in [3.8, 4) is 22.6 Å². The van der Waals surface area contributed by atoms with Gasteiger partial charge >= 0.3 is 0 Å². The summed E-state index contributed by atoms with van der Waals surface area (Å²) in [5, 5.41) is 4.31. The van der Waals surface area contributed by atoms with Crippen LogP contribution in [0.25, 0.3) is 11.1 Å². The van der Waals surface area contributed by atoms with Crippen LogP contribution in [0.1, 0.15) is 0 Å². The Morgan fingerprint density at radius 1 is 0.333 bits per heavy atom. The maximum atomic E-state index is 16.3. The molecule has 4 nitrogen and oxygen atoms in total. The number of anilines is 3. The lowest BCUT2D eigenvalue weighted by atomic mass is 10.0. The third-order valence-corrected chi connectivity index (χ3v) is 16.9. The third-order valence-electron chi connectivity index (χ3n) is 10.7. The first-order valence-electron chi connectivity index (χ1n) is 19.9. The number of hydrogen-bond donors (Lipinski definition) is 0. The van der Waals surface area contributed by atoms with Gasteiger partial charge in [-0.3, -0.25) is 0 Å². The first-order chi connectivity index (χ1) is 29.5. The number of benzene rings is 9. The highest BCUT2D eigenvalue weighted by atomic mass is 31.2. The van der Waals surface area contributed by atoms with Gasteiger partial charge in [-0.25, -0.2) is 0 Å². The van der Waals surface area contributed by atoms with Gasteiger partial charge < -0.3 is 18.8 Å². The molecule has 0 aliphatic heterocycles. The van der Waals surface area contributed by atoms with Gasteiger partial charge in [-0.15, -0.1) is 0 Å². The molecule has 0 aliphatic carbocycles. The van der Waals surface area contributed by atoms with Crippen molar-refractivity contribution in [1.82, 2.24) is 0 Å². The Bertz CT molecular complexity index is 2800. The van der Waals surface area contributed by atoms with Crippen LogP contribution < -0.4 is 41.5 Å². The van der Waals surface area contributed by atoms with E-state index in [9.17, 15) is 0 Å². The molecule has 0 bridgehead atoms. The maximum Gasteiger partial charge on any atom is 0.174 e. The van der Waals surface area contributed by atoms with Crippen LogP contribution in [0.2, 0.25) is 0 Å². The van der Waals surface area contributed by atoms with Crippen molar-refractivity contribution in [3.63, 3.8) is 0 Å². The van der Waals surface area contributed by atoms with Gasteiger partial charge in [0.1, 0.15) is 11.5 Å². The van der Waals surface area contributed by atoms with Crippen LogP contribution >= 0.6 is 14.3 Å². The van der Waals surface area contributed by atoms with Crippen molar-refractivity contribution in [1.29, 1.82) is 0 Å². The van der Waals surface area contributed by atoms with E-state index >= 15 is 9.13 Å². The van der Waals surface area contributed by atoms with Crippen LogP contribution in [0.15, 0.2) is 249 Å². The van der Waals surface area contributed by atoms with E-state index in [-0.39, 0.29) is 0 Å². The second-order valence-electron chi connectivity index (χ2n) is 14.4. The Morgan fingerprint density at radius 3 is 1.17 bits per heavy atom. The average Bonchev–Trinajstić information content (AvgIpc) is 3.33. The summed E-state index contributed by atoms with van der Waals surface area (Å²) in [7, 11) is -6.78. The molecule has 9 aromatic rings. The summed E-state index contributed by atoms with van der Waals surface area (Å²) >= 11 is 0. The summed E-state index contributed by atoms with van der Waals surface area (Å²) in [5.74, 6) is 1.11.